The molecule has 2 fully saturated rings. The third-order valence-electron chi connectivity index (χ3n) is 6.78. The Morgan fingerprint density at radius 3 is 2.04 bits per heavy atom. The van der Waals surface area contributed by atoms with Crippen molar-refractivity contribution in [3.8, 4) is 0 Å². The van der Waals surface area contributed by atoms with Gasteiger partial charge in [0.05, 0.1) is 18.3 Å². The Morgan fingerprint density at radius 2 is 1.50 bits per heavy atom. The van der Waals surface area contributed by atoms with Crippen molar-refractivity contribution in [3.05, 3.63) is 0 Å². The van der Waals surface area contributed by atoms with Gasteiger partial charge in [-0.15, -0.1) is 0 Å². The Labute approximate surface area is 147 Å². The molecule has 0 N–H and O–H groups in total. The number of ketones is 1. The first kappa shape index (κ1) is 19.9. The highest BCUT2D eigenvalue weighted by Crippen LogP contribution is 2.40. The van der Waals surface area contributed by atoms with E-state index in [2.05, 4.69) is 48.5 Å². The third-order valence-corrected chi connectivity index (χ3v) is 6.78. The van der Waals surface area contributed by atoms with Crippen molar-refractivity contribution in [2.24, 2.45) is 29.6 Å². The molecule has 24 heavy (non-hydrogen) atoms. The Kier molecular flexibility index (Phi) is 6.49. The van der Waals surface area contributed by atoms with Gasteiger partial charge in [-0.25, -0.2) is 0 Å². The van der Waals surface area contributed by atoms with E-state index in [9.17, 15) is 4.79 Å². The van der Waals surface area contributed by atoms with Crippen molar-refractivity contribution in [1.82, 2.24) is 0 Å². The summed E-state index contributed by atoms with van der Waals surface area (Å²) in [4.78, 5) is 12.0. The largest absolute Gasteiger partial charge is 0.372 e. The minimum atomic E-state index is -0.363. The summed E-state index contributed by atoms with van der Waals surface area (Å²) in [6.07, 6.45) is 0.580. The fourth-order valence-corrected chi connectivity index (χ4v) is 4.25. The molecule has 0 amide bonds. The zero-order chi connectivity index (χ0) is 18.2. The van der Waals surface area contributed by atoms with Crippen LogP contribution in [0.5, 0.6) is 0 Å². The Hall–Kier alpha value is -0.450. The molecule has 0 bridgehead atoms. The van der Waals surface area contributed by atoms with Crippen LogP contribution in [-0.2, 0) is 19.0 Å². The van der Waals surface area contributed by atoms with E-state index in [1.807, 2.05) is 0 Å². The molecular weight excluding hydrogens is 304 g/mol. The molecule has 10 atom stereocenters. The number of carbonyl (C=O) groups excluding carboxylic acids is 1. The van der Waals surface area contributed by atoms with Gasteiger partial charge in [0.25, 0.3) is 0 Å². The quantitative estimate of drug-likeness (QED) is 0.774. The zero-order valence-corrected chi connectivity index (χ0v) is 16.6. The summed E-state index contributed by atoms with van der Waals surface area (Å²) in [5.41, 5.74) is 0. The van der Waals surface area contributed by atoms with E-state index < -0.39 is 0 Å². The number of Topliss-reactive ketones (excluding diaryl/α,β-unsaturated/α-hetero) is 1. The van der Waals surface area contributed by atoms with Crippen molar-refractivity contribution >= 4 is 5.78 Å². The van der Waals surface area contributed by atoms with E-state index in [4.69, 9.17) is 14.2 Å². The zero-order valence-electron chi connectivity index (χ0n) is 16.6. The number of hydrogen-bond acceptors (Lipinski definition) is 4. The molecule has 4 heteroatoms. The van der Waals surface area contributed by atoms with Crippen LogP contribution in [0.25, 0.3) is 0 Å². The van der Waals surface area contributed by atoms with E-state index in [1.165, 1.54) is 0 Å². The van der Waals surface area contributed by atoms with E-state index in [1.54, 1.807) is 6.92 Å². The number of carbonyl (C=O) groups is 1. The van der Waals surface area contributed by atoms with E-state index in [0.29, 0.717) is 17.8 Å². The lowest BCUT2D eigenvalue weighted by Crippen LogP contribution is -2.54. The Balaban J connectivity index is 2.16. The predicted molar refractivity (Wildman–Crippen MR) is 94.7 cm³/mol. The van der Waals surface area contributed by atoms with Crippen LogP contribution in [0.3, 0.4) is 0 Å². The predicted octanol–water partition coefficient (Wildman–Crippen LogP) is 4.06. The highest BCUT2D eigenvalue weighted by atomic mass is 16.7. The average Bonchev–Trinajstić information content (AvgIpc) is 2.54. The van der Waals surface area contributed by atoms with Crippen LogP contribution >= 0.6 is 0 Å². The summed E-state index contributed by atoms with van der Waals surface area (Å²) in [5.74, 6) is 1.80. The second-order valence-corrected chi connectivity index (χ2v) is 8.22. The molecule has 0 aromatic heterocycles. The van der Waals surface area contributed by atoms with Crippen molar-refractivity contribution < 1.29 is 19.0 Å². The monoisotopic (exact) mass is 340 g/mol. The molecule has 2 rings (SSSR count). The molecule has 0 spiro atoms. The average molecular weight is 341 g/mol. The molecule has 0 aromatic rings. The molecular formula is C20H36O4. The van der Waals surface area contributed by atoms with Crippen molar-refractivity contribution in [1.29, 1.82) is 0 Å². The number of rotatable bonds is 4. The van der Waals surface area contributed by atoms with Crippen LogP contribution < -0.4 is 0 Å². The van der Waals surface area contributed by atoms with Crippen LogP contribution in [0.2, 0.25) is 0 Å². The van der Waals surface area contributed by atoms with Gasteiger partial charge in [0.15, 0.2) is 12.1 Å². The number of hydrogen-bond donors (Lipinski definition) is 0. The van der Waals surface area contributed by atoms with Crippen molar-refractivity contribution in [3.63, 3.8) is 0 Å². The maximum Gasteiger partial charge on any atom is 0.161 e. The Bertz CT molecular complexity index is 435. The van der Waals surface area contributed by atoms with Gasteiger partial charge in [-0.2, -0.15) is 0 Å². The van der Waals surface area contributed by atoms with E-state index in [-0.39, 0.29) is 48.3 Å². The molecule has 0 radical (unpaired) electrons. The molecule has 2 aliphatic heterocycles. The van der Waals surface area contributed by atoms with Gasteiger partial charge in [0.2, 0.25) is 0 Å². The first-order valence-corrected chi connectivity index (χ1v) is 9.65. The van der Waals surface area contributed by atoms with Gasteiger partial charge >= 0.3 is 0 Å². The molecule has 0 aliphatic carbocycles. The lowest BCUT2D eigenvalue weighted by Gasteiger charge is -2.48. The summed E-state index contributed by atoms with van der Waals surface area (Å²) in [6, 6.07) is 0. The molecule has 2 saturated heterocycles. The summed E-state index contributed by atoms with van der Waals surface area (Å²) in [5, 5.41) is 0. The van der Waals surface area contributed by atoms with Gasteiger partial charge < -0.3 is 14.2 Å². The maximum absolute atomic E-state index is 12.0. The molecule has 2 aliphatic rings. The molecule has 0 aromatic carbocycles. The second-order valence-electron chi connectivity index (χ2n) is 8.22. The lowest BCUT2D eigenvalue weighted by molar-refractivity contribution is -0.294. The smallest absolute Gasteiger partial charge is 0.161 e. The normalized spacial score (nSPS) is 49.8. The topological polar surface area (TPSA) is 44.8 Å². The summed E-state index contributed by atoms with van der Waals surface area (Å²) in [7, 11) is 0. The molecule has 5 unspecified atom stereocenters. The minimum absolute atomic E-state index is 0.0156. The van der Waals surface area contributed by atoms with Crippen LogP contribution in [0.1, 0.15) is 61.8 Å². The molecule has 2 heterocycles. The van der Waals surface area contributed by atoms with Crippen molar-refractivity contribution in [2.75, 3.05) is 0 Å². The van der Waals surface area contributed by atoms with Crippen LogP contribution in [0, 0.1) is 29.6 Å². The fourth-order valence-electron chi connectivity index (χ4n) is 4.25. The van der Waals surface area contributed by atoms with Crippen LogP contribution in [0.4, 0.5) is 0 Å². The number of ether oxygens (including phenoxy) is 3. The van der Waals surface area contributed by atoms with E-state index in [0.717, 1.165) is 6.42 Å². The Morgan fingerprint density at radius 1 is 0.875 bits per heavy atom. The third kappa shape index (κ3) is 3.71. The second kappa shape index (κ2) is 7.84. The molecule has 140 valence electrons. The van der Waals surface area contributed by atoms with Crippen molar-refractivity contribution in [2.45, 2.75) is 92.5 Å². The maximum atomic E-state index is 12.0. The summed E-state index contributed by atoms with van der Waals surface area (Å²) < 4.78 is 18.8. The van der Waals surface area contributed by atoms with Gasteiger partial charge in [0, 0.05) is 5.92 Å². The molecule has 0 saturated carbocycles. The lowest BCUT2D eigenvalue weighted by atomic mass is 9.77. The van der Waals surface area contributed by atoms with Gasteiger partial charge in [0.1, 0.15) is 6.10 Å². The standard InChI is InChI=1S/C20H36O4/c1-9-17-19(13(5)11(3)16(8)22-17)24-20-14(6)10(2)12(4)18(23-20)15(7)21/h10-14,16-20H,9H2,1-8H3/t10-,11?,12+,13+,14?,16?,17?,18?,19+,20-/m0/s1. The highest BCUT2D eigenvalue weighted by Gasteiger charge is 2.46. The SMILES string of the molecule is CCC1OC(C)C(C)[C@@H](C)[C@H]1O[C@@H]1OC(C(C)=O)[C@H](C)[C@H](C)C1C. The van der Waals surface area contributed by atoms with Gasteiger partial charge in [-0.05, 0) is 43.9 Å². The minimum Gasteiger partial charge on any atom is -0.372 e. The van der Waals surface area contributed by atoms with Gasteiger partial charge in [-0.3, -0.25) is 4.79 Å². The van der Waals surface area contributed by atoms with Gasteiger partial charge in [-0.1, -0.05) is 41.5 Å². The van der Waals surface area contributed by atoms with Crippen LogP contribution in [0.15, 0.2) is 0 Å². The molecule has 4 nitrogen and oxygen atoms in total. The highest BCUT2D eigenvalue weighted by molar-refractivity contribution is 5.80. The fraction of sp³-hybridized carbons (Fsp3) is 0.950. The summed E-state index contributed by atoms with van der Waals surface area (Å²) in [6.45, 7) is 16.9. The first-order chi connectivity index (χ1) is 11.2. The van der Waals surface area contributed by atoms with E-state index >= 15 is 0 Å². The first-order valence-electron chi connectivity index (χ1n) is 9.65. The summed E-state index contributed by atoms with van der Waals surface area (Å²) >= 11 is 0. The van der Waals surface area contributed by atoms with Crippen LogP contribution in [-0.4, -0.2) is 36.5 Å².